The molecule has 0 saturated heterocycles. The lowest BCUT2D eigenvalue weighted by Crippen LogP contribution is -2.32. The highest BCUT2D eigenvalue weighted by Gasteiger charge is 2.37. The third kappa shape index (κ3) is 11.2. The van der Waals surface area contributed by atoms with Gasteiger partial charge in [0.2, 0.25) is 0 Å². The summed E-state index contributed by atoms with van der Waals surface area (Å²) in [5.41, 5.74) is 5.96. The summed E-state index contributed by atoms with van der Waals surface area (Å²) in [6, 6.07) is 7.41. The minimum atomic E-state index is -0.932. The summed E-state index contributed by atoms with van der Waals surface area (Å²) >= 11 is 0. The molecule has 2 unspecified atom stereocenters. The molecule has 272 valence electrons. The lowest BCUT2D eigenvalue weighted by atomic mass is 9.76. The molecule has 2 heterocycles. The van der Waals surface area contributed by atoms with Crippen LogP contribution in [0.4, 0.5) is 9.59 Å². The molecule has 0 spiro atoms. The average Bonchev–Trinajstić information content (AvgIpc) is 3.66. The highest BCUT2D eigenvalue weighted by Crippen LogP contribution is 2.39. The maximum Gasteiger partial charge on any atom is 0.428 e. The van der Waals surface area contributed by atoms with Gasteiger partial charge >= 0.3 is 24.1 Å². The van der Waals surface area contributed by atoms with Gasteiger partial charge in [-0.3, -0.25) is 9.59 Å². The molecule has 2 atom stereocenters. The third-order valence-electron chi connectivity index (χ3n) is 7.60. The summed E-state index contributed by atoms with van der Waals surface area (Å²) < 4.78 is 21.3. The molecule has 2 rings (SSSR count). The molecule has 2 aromatic rings. The van der Waals surface area contributed by atoms with Crippen molar-refractivity contribution in [1.82, 2.24) is 20.8 Å². The molecule has 14 nitrogen and oxygen atoms in total. The van der Waals surface area contributed by atoms with Gasteiger partial charge in [0.25, 0.3) is 0 Å². The summed E-state index contributed by atoms with van der Waals surface area (Å²) in [6.07, 6.45) is -0.194. The van der Waals surface area contributed by atoms with Gasteiger partial charge in [0.1, 0.15) is 23.0 Å². The van der Waals surface area contributed by atoms with Gasteiger partial charge in [-0.05, 0) is 106 Å². The van der Waals surface area contributed by atoms with Crippen LogP contribution in [0.1, 0.15) is 131 Å². The molecule has 4 N–H and O–H groups in total. The molecular formula is C35H54N6O8. The predicted octanol–water partition coefficient (Wildman–Crippen LogP) is 6.54. The van der Waals surface area contributed by atoms with Gasteiger partial charge in [-0.2, -0.15) is 10.2 Å². The first kappa shape index (κ1) is 40.6. The Hall–Kier alpha value is -4.62. The van der Waals surface area contributed by atoms with E-state index < -0.39 is 52.6 Å². The van der Waals surface area contributed by atoms with Crippen LogP contribution in [0.2, 0.25) is 0 Å². The van der Waals surface area contributed by atoms with Crippen molar-refractivity contribution >= 4 is 35.5 Å². The minimum Gasteiger partial charge on any atom is -0.465 e. The van der Waals surface area contributed by atoms with Crippen molar-refractivity contribution in [1.29, 1.82) is 0 Å². The van der Waals surface area contributed by atoms with Gasteiger partial charge in [-0.1, -0.05) is 13.8 Å². The fourth-order valence-corrected chi connectivity index (χ4v) is 5.37. The fourth-order valence-electron chi connectivity index (χ4n) is 5.37. The Morgan fingerprint density at radius 2 is 1.00 bits per heavy atom. The van der Waals surface area contributed by atoms with Crippen molar-refractivity contribution < 1.29 is 38.1 Å². The van der Waals surface area contributed by atoms with E-state index in [0.717, 1.165) is 11.4 Å². The summed E-state index contributed by atoms with van der Waals surface area (Å²) in [5, 5.41) is 8.30. The molecule has 49 heavy (non-hydrogen) atoms. The van der Waals surface area contributed by atoms with Crippen molar-refractivity contribution in [2.24, 2.45) is 10.2 Å². The topological polar surface area (TPSA) is 186 Å². The SMILES string of the molecule is CCOC(=O)C(/C(C)=N/NC(=O)OC(C)(C)C)c1ccc(C(CC)(CC)c2ccc(C(C(=O)OCC)/C(C)=N/NC(=O)OC(C)(C)C)[nH]2)[nH]1. The number of aromatic nitrogens is 2. The van der Waals surface area contributed by atoms with E-state index in [2.05, 4.69) is 31.0 Å². The molecule has 0 radical (unpaired) electrons. The Labute approximate surface area is 289 Å². The highest BCUT2D eigenvalue weighted by atomic mass is 16.6. The van der Waals surface area contributed by atoms with Gasteiger partial charge in [0.15, 0.2) is 0 Å². The number of nitrogens with one attached hydrogen (secondary N) is 4. The van der Waals surface area contributed by atoms with Gasteiger partial charge in [-0.25, -0.2) is 20.4 Å². The van der Waals surface area contributed by atoms with Crippen LogP contribution in [-0.4, -0.2) is 69.9 Å². The van der Waals surface area contributed by atoms with E-state index in [1.54, 1.807) is 81.4 Å². The van der Waals surface area contributed by atoms with E-state index in [1.807, 2.05) is 26.0 Å². The Morgan fingerprint density at radius 1 is 0.653 bits per heavy atom. The van der Waals surface area contributed by atoms with Crippen molar-refractivity contribution in [2.45, 2.75) is 124 Å². The molecule has 0 saturated carbocycles. The monoisotopic (exact) mass is 686 g/mol. The fraction of sp³-hybridized carbons (Fsp3) is 0.600. The standard InChI is InChI=1S/C35H54N6O8/c1-13-35(14-2,25-19-17-23(36-25)27(29(42)46-15-3)21(5)38-40-31(44)48-33(7,8)9)26-20-18-24(37-26)28(30(43)47-16-4)22(6)39-41-32(45)49-34(10,11)12/h17-20,27-28,36-37H,13-16H2,1-12H3,(H,40,44)(H,41,45)/b38-21+,39-22+. The number of hydrogen-bond acceptors (Lipinski definition) is 10. The summed E-state index contributed by atoms with van der Waals surface area (Å²) in [6.45, 7) is 21.5. The lowest BCUT2D eigenvalue weighted by Gasteiger charge is -2.30. The van der Waals surface area contributed by atoms with E-state index in [-0.39, 0.29) is 13.2 Å². The lowest BCUT2D eigenvalue weighted by molar-refractivity contribution is -0.144. The number of esters is 2. The quantitative estimate of drug-likeness (QED) is 0.0746. The number of nitrogens with zero attached hydrogens (tertiary/aromatic N) is 2. The first-order valence-corrected chi connectivity index (χ1v) is 16.6. The number of hydrazone groups is 2. The number of ether oxygens (including phenoxy) is 4. The first-order chi connectivity index (χ1) is 22.8. The molecule has 0 aromatic carbocycles. The highest BCUT2D eigenvalue weighted by molar-refractivity contribution is 6.06. The summed E-state index contributed by atoms with van der Waals surface area (Å²) in [7, 11) is 0. The number of carbonyl (C=O) groups is 4. The predicted molar refractivity (Wildman–Crippen MR) is 187 cm³/mol. The number of amides is 2. The van der Waals surface area contributed by atoms with E-state index in [9.17, 15) is 19.2 Å². The molecule has 0 aliphatic rings. The van der Waals surface area contributed by atoms with Crippen molar-refractivity contribution in [3.8, 4) is 0 Å². The molecule has 2 amide bonds. The summed E-state index contributed by atoms with van der Waals surface area (Å²) in [4.78, 5) is 57.7. The van der Waals surface area contributed by atoms with Crippen LogP contribution in [0.15, 0.2) is 34.5 Å². The van der Waals surface area contributed by atoms with Gasteiger partial charge in [0, 0.05) is 28.2 Å². The van der Waals surface area contributed by atoms with Crippen LogP contribution in [-0.2, 0) is 34.0 Å². The van der Waals surface area contributed by atoms with Gasteiger partial charge in [0.05, 0.1) is 24.6 Å². The van der Waals surface area contributed by atoms with E-state index in [0.29, 0.717) is 35.7 Å². The first-order valence-electron chi connectivity index (χ1n) is 16.6. The van der Waals surface area contributed by atoms with Crippen LogP contribution < -0.4 is 10.9 Å². The zero-order valence-corrected chi connectivity index (χ0v) is 31.0. The van der Waals surface area contributed by atoms with Gasteiger partial charge < -0.3 is 28.9 Å². The Morgan fingerprint density at radius 3 is 1.29 bits per heavy atom. The van der Waals surface area contributed by atoms with Crippen LogP contribution in [0.25, 0.3) is 0 Å². The average molecular weight is 687 g/mol. The number of hydrogen-bond donors (Lipinski definition) is 4. The van der Waals surface area contributed by atoms with Crippen molar-refractivity contribution in [3.63, 3.8) is 0 Å². The van der Waals surface area contributed by atoms with Crippen LogP contribution >= 0.6 is 0 Å². The van der Waals surface area contributed by atoms with E-state index in [1.165, 1.54) is 0 Å². The van der Waals surface area contributed by atoms with Gasteiger partial charge in [-0.15, -0.1) is 0 Å². The van der Waals surface area contributed by atoms with E-state index in [4.69, 9.17) is 18.9 Å². The molecule has 0 aliphatic carbocycles. The Kier molecular flexibility index (Phi) is 14.2. The van der Waals surface area contributed by atoms with Crippen molar-refractivity contribution in [2.75, 3.05) is 13.2 Å². The van der Waals surface area contributed by atoms with E-state index >= 15 is 0 Å². The largest absolute Gasteiger partial charge is 0.465 e. The number of H-pyrrole nitrogens is 2. The number of carbonyl (C=O) groups excluding carboxylic acids is 4. The zero-order valence-electron chi connectivity index (χ0n) is 31.0. The maximum atomic E-state index is 13.2. The van der Waals surface area contributed by atoms with Crippen LogP contribution in [0.5, 0.6) is 0 Å². The number of rotatable bonds is 14. The zero-order chi connectivity index (χ0) is 37.2. The second kappa shape index (κ2) is 17.2. The normalized spacial score (nSPS) is 14.0. The summed E-state index contributed by atoms with van der Waals surface area (Å²) in [5.74, 6) is -2.93. The smallest absolute Gasteiger partial charge is 0.428 e. The minimum absolute atomic E-state index is 0.159. The van der Waals surface area contributed by atoms with Crippen molar-refractivity contribution in [3.05, 3.63) is 47.0 Å². The Balaban J connectivity index is 2.53. The molecule has 0 fully saturated rings. The third-order valence-corrected chi connectivity index (χ3v) is 7.60. The molecule has 0 bridgehead atoms. The Bertz CT molecular complexity index is 1400. The van der Waals surface area contributed by atoms with Crippen LogP contribution in [0, 0.1) is 0 Å². The molecule has 2 aromatic heterocycles. The second-order valence-electron chi connectivity index (χ2n) is 13.5. The molecule has 14 heteroatoms. The van der Waals surface area contributed by atoms with Crippen LogP contribution in [0.3, 0.4) is 0 Å². The molecular weight excluding hydrogens is 632 g/mol. The number of aromatic amines is 2. The maximum absolute atomic E-state index is 13.2. The molecule has 0 aliphatic heterocycles. The second-order valence-corrected chi connectivity index (χ2v) is 13.5.